The number of hydrogen-bond donors (Lipinski definition) is 2. The van der Waals surface area contributed by atoms with E-state index in [-0.39, 0.29) is 13.2 Å². The number of ether oxygens (including phenoxy) is 2. The van der Waals surface area contributed by atoms with E-state index in [9.17, 15) is 14.4 Å². The predicted molar refractivity (Wildman–Crippen MR) is 90.3 cm³/mol. The van der Waals surface area contributed by atoms with Gasteiger partial charge in [-0.3, -0.25) is 9.59 Å². The lowest BCUT2D eigenvalue weighted by Gasteiger charge is -2.10. The van der Waals surface area contributed by atoms with Gasteiger partial charge in [0, 0.05) is 0 Å². The van der Waals surface area contributed by atoms with E-state index >= 15 is 0 Å². The van der Waals surface area contributed by atoms with Crippen LogP contribution in [0.15, 0.2) is 40.9 Å². The standard InChI is InChI=1S/C16H15BrN2O5/c17-16-11-4-2-1-3-10(11)5-6-12(16)23-9-15(22)24-8-14(21)19-7-13(18)20/h1-6H,7-9H2,(H2,18,20)(H,19,21). The molecule has 0 aliphatic carbocycles. The van der Waals surface area contributed by atoms with Gasteiger partial charge >= 0.3 is 5.97 Å². The van der Waals surface area contributed by atoms with Gasteiger partial charge < -0.3 is 20.5 Å². The highest BCUT2D eigenvalue weighted by Gasteiger charge is 2.11. The zero-order valence-corrected chi connectivity index (χ0v) is 14.2. The molecule has 0 spiro atoms. The monoisotopic (exact) mass is 394 g/mol. The molecule has 24 heavy (non-hydrogen) atoms. The summed E-state index contributed by atoms with van der Waals surface area (Å²) >= 11 is 3.44. The molecule has 0 aromatic heterocycles. The number of primary amides is 1. The van der Waals surface area contributed by atoms with Gasteiger partial charge in [-0.05, 0) is 32.8 Å². The lowest BCUT2D eigenvalue weighted by molar-refractivity contribution is -0.150. The van der Waals surface area contributed by atoms with E-state index in [2.05, 4.69) is 21.2 Å². The van der Waals surface area contributed by atoms with Crippen LogP contribution in [0.25, 0.3) is 10.8 Å². The Morgan fingerprint density at radius 1 is 1.08 bits per heavy atom. The van der Waals surface area contributed by atoms with Crippen molar-refractivity contribution in [1.29, 1.82) is 0 Å². The van der Waals surface area contributed by atoms with Gasteiger partial charge in [-0.1, -0.05) is 30.3 Å². The number of carbonyl (C=O) groups excluding carboxylic acids is 3. The van der Waals surface area contributed by atoms with E-state index in [0.717, 1.165) is 15.2 Å². The lowest BCUT2D eigenvalue weighted by atomic mass is 10.1. The van der Waals surface area contributed by atoms with Crippen LogP contribution in [0.3, 0.4) is 0 Å². The molecule has 0 radical (unpaired) electrons. The molecule has 0 fully saturated rings. The van der Waals surface area contributed by atoms with Crippen LogP contribution in [0.1, 0.15) is 0 Å². The molecular formula is C16H15BrN2O5. The van der Waals surface area contributed by atoms with Crippen LogP contribution in [0.5, 0.6) is 5.75 Å². The number of fused-ring (bicyclic) bond motifs is 1. The predicted octanol–water partition coefficient (Wildman–Crippen LogP) is 1.13. The normalized spacial score (nSPS) is 10.2. The largest absolute Gasteiger partial charge is 0.481 e. The Morgan fingerprint density at radius 2 is 1.83 bits per heavy atom. The minimum atomic E-state index is -0.704. The molecule has 0 atom stereocenters. The smallest absolute Gasteiger partial charge is 0.344 e. The molecule has 0 saturated carbocycles. The van der Waals surface area contributed by atoms with Crippen molar-refractivity contribution >= 4 is 44.5 Å². The van der Waals surface area contributed by atoms with E-state index in [1.54, 1.807) is 6.07 Å². The van der Waals surface area contributed by atoms with Crippen molar-refractivity contribution in [1.82, 2.24) is 5.32 Å². The number of nitrogens with two attached hydrogens (primary N) is 1. The summed E-state index contributed by atoms with van der Waals surface area (Å²) in [7, 11) is 0. The molecular weight excluding hydrogens is 380 g/mol. The number of halogens is 1. The average Bonchev–Trinajstić information content (AvgIpc) is 2.57. The molecule has 2 aromatic carbocycles. The minimum Gasteiger partial charge on any atom is -0.481 e. The highest BCUT2D eigenvalue weighted by molar-refractivity contribution is 9.10. The fourth-order valence-electron chi connectivity index (χ4n) is 1.89. The third-order valence-electron chi connectivity index (χ3n) is 3.00. The number of benzene rings is 2. The first-order valence-corrected chi connectivity index (χ1v) is 7.77. The zero-order chi connectivity index (χ0) is 17.5. The quantitative estimate of drug-likeness (QED) is 0.684. The number of rotatable bonds is 7. The van der Waals surface area contributed by atoms with Crippen molar-refractivity contribution in [2.24, 2.45) is 5.73 Å². The molecule has 2 aromatic rings. The van der Waals surface area contributed by atoms with Gasteiger partial charge in [-0.2, -0.15) is 0 Å². The summed E-state index contributed by atoms with van der Waals surface area (Å²) in [5.74, 6) is -1.51. The Kier molecular flexibility index (Phi) is 6.14. The number of esters is 1. The van der Waals surface area contributed by atoms with Gasteiger partial charge in [0.1, 0.15) is 5.75 Å². The maximum Gasteiger partial charge on any atom is 0.344 e. The second-order valence-electron chi connectivity index (χ2n) is 4.79. The van der Waals surface area contributed by atoms with E-state index < -0.39 is 24.4 Å². The first-order valence-electron chi connectivity index (χ1n) is 6.98. The van der Waals surface area contributed by atoms with Gasteiger partial charge in [0.15, 0.2) is 13.2 Å². The Bertz CT molecular complexity index is 778. The first kappa shape index (κ1) is 17.7. The molecule has 0 saturated heterocycles. The van der Waals surface area contributed by atoms with Crippen molar-refractivity contribution < 1.29 is 23.9 Å². The topological polar surface area (TPSA) is 108 Å². The molecule has 2 rings (SSSR count). The number of nitrogens with one attached hydrogen (secondary N) is 1. The highest BCUT2D eigenvalue weighted by atomic mass is 79.9. The molecule has 126 valence electrons. The van der Waals surface area contributed by atoms with E-state index in [4.69, 9.17) is 15.2 Å². The zero-order valence-electron chi connectivity index (χ0n) is 12.6. The first-order chi connectivity index (χ1) is 11.5. The summed E-state index contributed by atoms with van der Waals surface area (Å²) in [5.41, 5.74) is 4.88. The molecule has 8 heteroatoms. The van der Waals surface area contributed by atoms with Gasteiger partial charge in [-0.25, -0.2) is 4.79 Å². The number of carbonyl (C=O) groups is 3. The summed E-state index contributed by atoms with van der Waals surface area (Å²) in [6, 6.07) is 11.3. The van der Waals surface area contributed by atoms with Crippen LogP contribution >= 0.6 is 15.9 Å². The Balaban J connectivity index is 1.85. The summed E-state index contributed by atoms with van der Waals surface area (Å²) in [6.07, 6.45) is 0. The van der Waals surface area contributed by atoms with Gasteiger partial charge in [0.05, 0.1) is 11.0 Å². The SMILES string of the molecule is NC(=O)CNC(=O)COC(=O)COc1ccc2ccccc2c1Br. The van der Waals surface area contributed by atoms with Crippen molar-refractivity contribution in [2.45, 2.75) is 0 Å². The number of hydrogen-bond acceptors (Lipinski definition) is 5. The van der Waals surface area contributed by atoms with Crippen molar-refractivity contribution in [2.75, 3.05) is 19.8 Å². The van der Waals surface area contributed by atoms with Gasteiger partial charge in [0.2, 0.25) is 5.91 Å². The average molecular weight is 395 g/mol. The van der Waals surface area contributed by atoms with Gasteiger partial charge in [0.25, 0.3) is 5.91 Å². The molecule has 3 N–H and O–H groups in total. The molecule has 0 heterocycles. The third-order valence-corrected chi connectivity index (χ3v) is 3.82. The molecule has 0 bridgehead atoms. The third kappa shape index (κ3) is 4.95. The van der Waals surface area contributed by atoms with Crippen LogP contribution in [-0.4, -0.2) is 37.5 Å². The fraction of sp³-hybridized carbons (Fsp3) is 0.188. The van der Waals surface area contributed by atoms with Crippen LogP contribution in [0.4, 0.5) is 0 Å². The van der Waals surface area contributed by atoms with Gasteiger partial charge in [-0.15, -0.1) is 0 Å². The fourth-order valence-corrected chi connectivity index (χ4v) is 2.49. The Labute approximate surface area is 146 Å². The van der Waals surface area contributed by atoms with Crippen LogP contribution in [0, 0.1) is 0 Å². The van der Waals surface area contributed by atoms with E-state index in [1.165, 1.54) is 0 Å². The minimum absolute atomic E-state index is 0.309. The summed E-state index contributed by atoms with van der Waals surface area (Å²) in [4.78, 5) is 33.4. The maximum absolute atomic E-state index is 11.6. The van der Waals surface area contributed by atoms with E-state index in [1.807, 2.05) is 30.3 Å². The van der Waals surface area contributed by atoms with Crippen LogP contribution < -0.4 is 15.8 Å². The van der Waals surface area contributed by atoms with Crippen molar-refractivity contribution in [3.63, 3.8) is 0 Å². The summed E-state index contributed by atoms with van der Waals surface area (Å²) in [6.45, 7) is -1.16. The second kappa shape index (κ2) is 8.30. The second-order valence-corrected chi connectivity index (χ2v) is 5.58. The van der Waals surface area contributed by atoms with Crippen molar-refractivity contribution in [3.8, 4) is 5.75 Å². The summed E-state index contributed by atoms with van der Waals surface area (Å²) in [5, 5.41) is 4.19. The number of amides is 2. The van der Waals surface area contributed by atoms with Crippen LogP contribution in [0.2, 0.25) is 0 Å². The molecule has 0 unspecified atom stereocenters. The Hall–Kier alpha value is -2.61. The lowest BCUT2D eigenvalue weighted by Crippen LogP contribution is -2.36. The molecule has 2 amide bonds. The maximum atomic E-state index is 11.6. The Morgan fingerprint density at radius 3 is 2.58 bits per heavy atom. The van der Waals surface area contributed by atoms with Crippen LogP contribution in [-0.2, 0) is 19.1 Å². The molecule has 0 aliphatic rings. The molecule has 7 nitrogen and oxygen atoms in total. The van der Waals surface area contributed by atoms with Crippen molar-refractivity contribution in [3.05, 3.63) is 40.9 Å². The summed E-state index contributed by atoms with van der Waals surface area (Å²) < 4.78 is 10.9. The molecule has 0 aliphatic heterocycles. The highest BCUT2D eigenvalue weighted by Crippen LogP contribution is 2.32. The van der Waals surface area contributed by atoms with E-state index in [0.29, 0.717) is 5.75 Å².